The van der Waals surface area contributed by atoms with Crippen molar-refractivity contribution in [1.29, 1.82) is 0 Å². The maximum absolute atomic E-state index is 8.99. The number of aliphatic hydroxyl groups is 1. The molecular formula is C12H27NOS. The standard InChI is InChI=1S/C12H27NOS/c1-4-6-11(7-5-2)13-12(8-9-14)10-15-3/h11-14H,4-10H2,1-3H3. The Kier molecular flexibility index (Phi) is 11.0. The van der Waals surface area contributed by atoms with Gasteiger partial charge >= 0.3 is 0 Å². The molecule has 0 aliphatic heterocycles. The largest absolute Gasteiger partial charge is 0.396 e. The summed E-state index contributed by atoms with van der Waals surface area (Å²) in [5, 5.41) is 12.7. The number of rotatable bonds is 10. The maximum atomic E-state index is 8.99. The van der Waals surface area contributed by atoms with Gasteiger partial charge in [0.05, 0.1) is 0 Å². The second-order valence-corrected chi connectivity index (χ2v) is 5.02. The van der Waals surface area contributed by atoms with Crippen molar-refractivity contribution in [3.05, 3.63) is 0 Å². The minimum Gasteiger partial charge on any atom is -0.396 e. The predicted molar refractivity (Wildman–Crippen MR) is 70.6 cm³/mol. The van der Waals surface area contributed by atoms with Crippen molar-refractivity contribution in [2.24, 2.45) is 0 Å². The van der Waals surface area contributed by atoms with Crippen molar-refractivity contribution in [1.82, 2.24) is 5.32 Å². The van der Waals surface area contributed by atoms with E-state index in [1.807, 2.05) is 11.8 Å². The molecule has 0 fully saturated rings. The number of aliphatic hydroxyl groups excluding tert-OH is 1. The Morgan fingerprint density at radius 1 is 1.07 bits per heavy atom. The molecule has 0 amide bonds. The monoisotopic (exact) mass is 233 g/mol. The molecule has 15 heavy (non-hydrogen) atoms. The Labute approximate surface area is 99.2 Å². The van der Waals surface area contributed by atoms with Gasteiger partial charge in [-0.25, -0.2) is 0 Å². The molecule has 92 valence electrons. The zero-order chi connectivity index (χ0) is 11.5. The van der Waals surface area contributed by atoms with Gasteiger partial charge < -0.3 is 10.4 Å². The minimum absolute atomic E-state index is 0.295. The summed E-state index contributed by atoms with van der Waals surface area (Å²) in [5.41, 5.74) is 0. The molecule has 0 aromatic rings. The van der Waals surface area contributed by atoms with Crippen molar-refractivity contribution >= 4 is 11.8 Å². The van der Waals surface area contributed by atoms with E-state index < -0.39 is 0 Å². The second kappa shape index (κ2) is 10.8. The third-order valence-corrected chi connectivity index (χ3v) is 3.33. The van der Waals surface area contributed by atoms with Crippen molar-refractivity contribution in [2.75, 3.05) is 18.6 Å². The summed E-state index contributed by atoms with van der Waals surface area (Å²) < 4.78 is 0. The molecule has 0 aliphatic carbocycles. The van der Waals surface area contributed by atoms with E-state index in [1.165, 1.54) is 25.7 Å². The van der Waals surface area contributed by atoms with Crippen LogP contribution in [0.3, 0.4) is 0 Å². The van der Waals surface area contributed by atoms with Gasteiger partial charge in [0.2, 0.25) is 0 Å². The first kappa shape index (κ1) is 15.3. The van der Waals surface area contributed by atoms with Crippen LogP contribution >= 0.6 is 11.8 Å². The molecule has 1 unspecified atom stereocenters. The smallest absolute Gasteiger partial charge is 0.0446 e. The summed E-state index contributed by atoms with van der Waals surface area (Å²) in [7, 11) is 0. The van der Waals surface area contributed by atoms with E-state index >= 15 is 0 Å². The van der Waals surface area contributed by atoms with E-state index in [1.54, 1.807) is 0 Å². The molecule has 0 aromatic carbocycles. The van der Waals surface area contributed by atoms with E-state index in [2.05, 4.69) is 25.4 Å². The third-order valence-electron chi connectivity index (χ3n) is 2.59. The highest BCUT2D eigenvalue weighted by Crippen LogP contribution is 2.09. The van der Waals surface area contributed by atoms with Gasteiger partial charge in [0.25, 0.3) is 0 Å². The van der Waals surface area contributed by atoms with Gasteiger partial charge in [-0.1, -0.05) is 26.7 Å². The second-order valence-electron chi connectivity index (χ2n) is 4.11. The average Bonchev–Trinajstić information content (AvgIpc) is 2.19. The van der Waals surface area contributed by atoms with E-state index in [-0.39, 0.29) is 0 Å². The lowest BCUT2D eigenvalue weighted by Gasteiger charge is -2.24. The molecule has 0 rings (SSSR count). The van der Waals surface area contributed by atoms with E-state index in [4.69, 9.17) is 5.11 Å². The maximum Gasteiger partial charge on any atom is 0.0446 e. The van der Waals surface area contributed by atoms with Crippen LogP contribution < -0.4 is 5.32 Å². The molecule has 0 saturated carbocycles. The molecule has 0 saturated heterocycles. The fraction of sp³-hybridized carbons (Fsp3) is 1.00. The van der Waals surface area contributed by atoms with Crippen molar-refractivity contribution in [3.63, 3.8) is 0 Å². The normalized spacial score (nSPS) is 13.4. The zero-order valence-corrected chi connectivity index (χ0v) is 11.3. The first-order valence-corrected chi connectivity index (χ1v) is 7.53. The molecule has 2 N–H and O–H groups in total. The Morgan fingerprint density at radius 3 is 2.07 bits per heavy atom. The average molecular weight is 233 g/mol. The summed E-state index contributed by atoms with van der Waals surface area (Å²) in [6, 6.07) is 1.12. The van der Waals surface area contributed by atoms with Crippen LogP contribution in [0.5, 0.6) is 0 Å². The number of hydrogen-bond acceptors (Lipinski definition) is 3. The van der Waals surface area contributed by atoms with Crippen molar-refractivity contribution < 1.29 is 5.11 Å². The van der Waals surface area contributed by atoms with Gasteiger partial charge in [-0.3, -0.25) is 0 Å². The van der Waals surface area contributed by atoms with Crippen LogP contribution in [0.2, 0.25) is 0 Å². The fourth-order valence-corrected chi connectivity index (χ4v) is 2.58. The lowest BCUT2D eigenvalue weighted by molar-refractivity contribution is 0.260. The predicted octanol–water partition coefficient (Wildman–Crippen LogP) is 2.66. The molecule has 2 nitrogen and oxygen atoms in total. The SMILES string of the molecule is CCCC(CCC)NC(CCO)CSC. The Balaban J connectivity index is 3.93. The van der Waals surface area contributed by atoms with Gasteiger partial charge in [0, 0.05) is 24.4 Å². The molecular weight excluding hydrogens is 206 g/mol. The highest BCUT2D eigenvalue weighted by Gasteiger charge is 2.13. The molecule has 0 aliphatic rings. The van der Waals surface area contributed by atoms with Crippen LogP contribution in [0, 0.1) is 0 Å². The summed E-state index contributed by atoms with van der Waals surface area (Å²) >= 11 is 1.85. The highest BCUT2D eigenvalue weighted by molar-refractivity contribution is 7.98. The first-order chi connectivity index (χ1) is 7.28. The van der Waals surface area contributed by atoms with E-state index in [0.717, 1.165) is 12.2 Å². The highest BCUT2D eigenvalue weighted by atomic mass is 32.2. The molecule has 0 spiro atoms. The molecule has 0 bridgehead atoms. The molecule has 0 radical (unpaired) electrons. The molecule has 0 heterocycles. The van der Waals surface area contributed by atoms with E-state index in [0.29, 0.717) is 18.7 Å². The van der Waals surface area contributed by atoms with Crippen LogP contribution in [-0.4, -0.2) is 35.8 Å². The Bertz CT molecular complexity index is 107. The van der Waals surface area contributed by atoms with Crippen LogP contribution in [0.4, 0.5) is 0 Å². The minimum atomic E-state index is 0.295. The topological polar surface area (TPSA) is 32.3 Å². The van der Waals surface area contributed by atoms with Crippen LogP contribution in [0.25, 0.3) is 0 Å². The molecule has 3 heteroatoms. The van der Waals surface area contributed by atoms with Crippen LogP contribution in [-0.2, 0) is 0 Å². The summed E-state index contributed by atoms with van der Waals surface area (Å²) in [5.74, 6) is 1.10. The van der Waals surface area contributed by atoms with Gasteiger partial charge in [0.15, 0.2) is 0 Å². The molecule has 1 atom stereocenters. The van der Waals surface area contributed by atoms with Crippen molar-refractivity contribution in [2.45, 2.75) is 58.0 Å². The Hall–Kier alpha value is 0.270. The van der Waals surface area contributed by atoms with Gasteiger partial charge in [0.1, 0.15) is 0 Å². The number of nitrogens with one attached hydrogen (secondary N) is 1. The van der Waals surface area contributed by atoms with Crippen molar-refractivity contribution in [3.8, 4) is 0 Å². The Morgan fingerprint density at radius 2 is 1.67 bits per heavy atom. The summed E-state index contributed by atoms with van der Waals surface area (Å²) in [6.07, 6.45) is 7.99. The summed E-state index contributed by atoms with van der Waals surface area (Å²) in [4.78, 5) is 0. The van der Waals surface area contributed by atoms with Crippen LogP contribution in [0.1, 0.15) is 46.0 Å². The lowest BCUT2D eigenvalue weighted by Crippen LogP contribution is -2.40. The van der Waals surface area contributed by atoms with E-state index in [9.17, 15) is 0 Å². The lowest BCUT2D eigenvalue weighted by atomic mass is 10.1. The number of hydrogen-bond donors (Lipinski definition) is 2. The van der Waals surface area contributed by atoms with Crippen LogP contribution in [0.15, 0.2) is 0 Å². The molecule has 0 aromatic heterocycles. The van der Waals surface area contributed by atoms with Gasteiger partial charge in [-0.05, 0) is 25.5 Å². The summed E-state index contributed by atoms with van der Waals surface area (Å²) in [6.45, 7) is 4.77. The quantitative estimate of drug-likeness (QED) is 0.608. The fourth-order valence-electron chi connectivity index (χ4n) is 1.91. The van der Waals surface area contributed by atoms with Gasteiger partial charge in [-0.15, -0.1) is 0 Å². The zero-order valence-electron chi connectivity index (χ0n) is 10.5. The third kappa shape index (κ3) is 8.12. The van der Waals surface area contributed by atoms with Gasteiger partial charge in [-0.2, -0.15) is 11.8 Å². The number of thioether (sulfide) groups is 1. The first-order valence-electron chi connectivity index (χ1n) is 6.14.